The third-order valence-corrected chi connectivity index (χ3v) is 2.64. The molecule has 0 bridgehead atoms. The van der Waals surface area contributed by atoms with Crippen LogP contribution in [0.25, 0.3) is 0 Å². The molecule has 0 aromatic heterocycles. The van der Waals surface area contributed by atoms with Crippen molar-refractivity contribution < 1.29 is 9.18 Å². The number of carbonyl (C=O) groups is 1. The molecule has 2 N–H and O–H groups in total. The number of nitrogens with one attached hydrogen (secondary N) is 2. The van der Waals surface area contributed by atoms with Gasteiger partial charge in [-0.15, -0.1) is 0 Å². The smallest absolute Gasteiger partial charge is 0.254 e. The SMILES string of the molecule is CC(C)(C#N)Nc1ccc(F)c2c1CNC2=O. The molecule has 0 unspecified atom stereocenters. The van der Waals surface area contributed by atoms with Gasteiger partial charge < -0.3 is 10.6 Å². The van der Waals surface area contributed by atoms with Gasteiger partial charge in [0.2, 0.25) is 0 Å². The maximum atomic E-state index is 13.5. The summed E-state index contributed by atoms with van der Waals surface area (Å²) in [5.41, 5.74) is 0.505. The molecule has 1 amide bonds. The highest BCUT2D eigenvalue weighted by Crippen LogP contribution is 2.28. The average molecular weight is 233 g/mol. The van der Waals surface area contributed by atoms with Crippen LogP contribution in [0, 0.1) is 17.1 Å². The molecule has 17 heavy (non-hydrogen) atoms. The summed E-state index contributed by atoms with van der Waals surface area (Å²) in [6.07, 6.45) is 0. The highest BCUT2D eigenvalue weighted by atomic mass is 19.1. The lowest BCUT2D eigenvalue weighted by atomic mass is 10.0. The number of anilines is 1. The van der Waals surface area contributed by atoms with Gasteiger partial charge in [0.15, 0.2) is 0 Å². The molecule has 2 rings (SSSR count). The van der Waals surface area contributed by atoms with E-state index in [4.69, 9.17) is 5.26 Å². The fourth-order valence-electron chi connectivity index (χ4n) is 1.79. The van der Waals surface area contributed by atoms with Crippen LogP contribution in [0.1, 0.15) is 29.8 Å². The van der Waals surface area contributed by atoms with E-state index in [2.05, 4.69) is 16.7 Å². The Hall–Kier alpha value is -2.09. The monoisotopic (exact) mass is 233 g/mol. The molecule has 0 atom stereocenters. The normalized spacial score (nSPS) is 13.9. The van der Waals surface area contributed by atoms with Crippen LogP contribution in [0.3, 0.4) is 0 Å². The minimum Gasteiger partial charge on any atom is -0.368 e. The van der Waals surface area contributed by atoms with Gasteiger partial charge in [0, 0.05) is 17.8 Å². The standard InChI is InChI=1S/C12H12FN3O/c1-12(2,6-14)16-9-4-3-8(13)10-7(9)5-15-11(10)17/h3-4,16H,5H2,1-2H3,(H,15,17). The van der Waals surface area contributed by atoms with Crippen LogP contribution in [0.15, 0.2) is 12.1 Å². The second kappa shape index (κ2) is 3.74. The summed E-state index contributed by atoms with van der Waals surface area (Å²) in [6, 6.07) is 4.88. The minimum absolute atomic E-state index is 0.0729. The second-order valence-electron chi connectivity index (χ2n) is 4.49. The zero-order valence-corrected chi connectivity index (χ0v) is 9.60. The topological polar surface area (TPSA) is 64.9 Å². The number of rotatable bonds is 2. The summed E-state index contributed by atoms with van der Waals surface area (Å²) >= 11 is 0. The van der Waals surface area contributed by atoms with E-state index >= 15 is 0 Å². The molecule has 0 spiro atoms. The van der Waals surface area contributed by atoms with Gasteiger partial charge in [-0.3, -0.25) is 4.79 Å². The van der Waals surface area contributed by atoms with Crippen LogP contribution in [0.2, 0.25) is 0 Å². The van der Waals surface area contributed by atoms with E-state index in [1.807, 2.05) is 0 Å². The van der Waals surface area contributed by atoms with E-state index in [1.54, 1.807) is 19.9 Å². The summed E-state index contributed by atoms with van der Waals surface area (Å²) in [5, 5.41) is 14.5. The molecule has 0 saturated carbocycles. The Morgan fingerprint density at radius 3 is 2.88 bits per heavy atom. The number of carbonyl (C=O) groups excluding carboxylic acids is 1. The molecule has 1 heterocycles. The highest BCUT2D eigenvalue weighted by Gasteiger charge is 2.27. The van der Waals surface area contributed by atoms with Crippen LogP contribution in [0.4, 0.5) is 10.1 Å². The van der Waals surface area contributed by atoms with E-state index in [-0.39, 0.29) is 12.1 Å². The molecule has 1 aromatic rings. The molecule has 1 aliphatic heterocycles. The molecule has 0 fully saturated rings. The largest absolute Gasteiger partial charge is 0.368 e. The van der Waals surface area contributed by atoms with Gasteiger partial charge in [-0.25, -0.2) is 4.39 Å². The zero-order valence-electron chi connectivity index (χ0n) is 9.60. The van der Waals surface area contributed by atoms with Crippen LogP contribution in [-0.2, 0) is 6.54 Å². The first-order valence-electron chi connectivity index (χ1n) is 5.23. The van der Waals surface area contributed by atoms with E-state index < -0.39 is 17.3 Å². The fourth-order valence-corrected chi connectivity index (χ4v) is 1.79. The number of amides is 1. The van der Waals surface area contributed by atoms with Crippen molar-refractivity contribution in [3.63, 3.8) is 0 Å². The molecular formula is C12H12FN3O. The van der Waals surface area contributed by atoms with Gasteiger partial charge in [-0.2, -0.15) is 5.26 Å². The molecule has 0 aliphatic carbocycles. The van der Waals surface area contributed by atoms with Crippen molar-refractivity contribution >= 4 is 11.6 Å². The number of benzene rings is 1. The Labute approximate surface area is 98.4 Å². The van der Waals surface area contributed by atoms with Crippen molar-refractivity contribution in [1.29, 1.82) is 5.26 Å². The van der Waals surface area contributed by atoms with Crippen molar-refractivity contribution in [2.45, 2.75) is 25.9 Å². The van der Waals surface area contributed by atoms with E-state index in [0.717, 1.165) is 0 Å². The molecule has 0 saturated heterocycles. The second-order valence-corrected chi connectivity index (χ2v) is 4.49. The van der Waals surface area contributed by atoms with Crippen molar-refractivity contribution in [2.75, 3.05) is 5.32 Å². The van der Waals surface area contributed by atoms with Crippen molar-refractivity contribution in [2.24, 2.45) is 0 Å². The third-order valence-electron chi connectivity index (χ3n) is 2.64. The number of fused-ring (bicyclic) bond motifs is 1. The van der Waals surface area contributed by atoms with Gasteiger partial charge in [-0.05, 0) is 26.0 Å². The Morgan fingerprint density at radius 1 is 1.53 bits per heavy atom. The number of nitriles is 1. The maximum Gasteiger partial charge on any atom is 0.254 e. The summed E-state index contributed by atoms with van der Waals surface area (Å²) < 4.78 is 13.5. The predicted molar refractivity (Wildman–Crippen MR) is 60.9 cm³/mol. The first-order chi connectivity index (χ1) is 7.94. The lowest BCUT2D eigenvalue weighted by molar-refractivity contribution is 0.0962. The number of hydrogen-bond donors (Lipinski definition) is 2. The summed E-state index contributed by atoms with van der Waals surface area (Å²) in [4.78, 5) is 11.4. The maximum absolute atomic E-state index is 13.5. The zero-order chi connectivity index (χ0) is 12.6. The number of nitrogens with zero attached hydrogens (tertiary/aromatic N) is 1. The Kier molecular flexibility index (Phi) is 2.50. The molecular weight excluding hydrogens is 221 g/mol. The van der Waals surface area contributed by atoms with Gasteiger partial charge in [0.25, 0.3) is 5.91 Å². The van der Waals surface area contributed by atoms with Crippen LogP contribution in [0.5, 0.6) is 0 Å². The van der Waals surface area contributed by atoms with Crippen molar-refractivity contribution in [3.05, 3.63) is 29.1 Å². The number of halogens is 1. The van der Waals surface area contributed by atoms with E-state index in [9.17, 15) is 9.18 Å². The van der Waals surface area contributed by atoms with E-state index in [1.165, 1.54) is 6.07 Å². The first kappa shape index (κ1) is 11.4. The lowest BCUT2D eigenvalue weighted by Crippen LogP contribution is -2.29. The molecule has 1 aliphatic rings. The average Bonchev–Trinajstić information content (AvgIpc) is 2.66. The highest BCUT2D eigenvalue weighted by molar-refractivity contribution is 6.00. The molecule has 4 nitrogen and oxygen atoms in total. The molecule has 0 radical (unpaired) electrons. The molecule has 5 heteroatoms. The first-order valence-corrected chi connectivity index (χ1v) is 5.23. The van der Waals surface area contributed by atoms with Crippen LogP contribution < -0.4 is 10.6 Å². The predicted octanol–water partition coefficient (Wildman–Crippen LogP) is 1.78. The Balaban J connectivity index is 2.46. The van der Waals surface area contributed by atoms with Crippen LogP contribution >= 0.6 is 0 Å². The molecule has 1 aromatic carbocycles. The van der Waals surface area contributed by atoms with E-state index in [0.29, 0.717) is 11.3 Å². The Morgan fingerprint density at radius 2 is 2.24 bits per heavy atom. The Bertz CT molecular complexity index is 531. The van der Waals surface area contributed by atoms with Gasteiger partial charge in [0.05, 0.1) is 11.6 Å². The van der Waals surface area contributed by atoms with Crippen molar-refractivity contribution in [3.8, 4) is 6.07 Å². The summed E-state index contributed by atoms with van der Waals surface area (Å²) in [6.45, 7) is 3.72. The van der Waals surface area contributed by atoms with Gasteiger partial charge in [0.1, 0.15) is 11.4 Å². The summed E-state index contributed by atoms with van der Waals surface area (Å²) in [7, 11) is 0. The summed E-state index contributed by atoms with van der Waals surface area (Å²) in [5.74, 6) is -0.939. The fraction of sp³-hybridized carbons (Fsp3) is 0.333. The van der Waals surface area contributed by atoms with Crippen LogP contribution in [-0.4, -0.2) is 11.4 Å². The quantitative estimate of drug-likeness (QED) is 0.818. The lowest BCUT2D eigenvalue weighted by Gasteiger charge is -2.21. The van der Waals surface area contributed by atoms with Gasteiger partial charge >= 0.3 is 0 Å². The third kappa shape index (κ3) is 1.94. The van der Waals surface area contributed by atoms with Crippen molar-refractivity contribution in [1.82, 2.24) is 5.32 Å². The van der Waals surface area contributed by atoms with Gasteiger partial charge in [-0.1, -0.05) is 0 Å². The minimum atomic E-state index is -0.767. The molecule has 88 valence electrons. The number of hydrogen-bond acceptors (Lipinski definition) is 3.